The minimum absolute atomic E-state index is 0.432. The highest BCUT2D eigenvalue weighted by Gasteiger charge is 2.31. The van der Waals surface area contributed by atoms with Crippen LogP contribution in [0.4, 0.5) is 0 Å². The van der Waals surface area contributed by atoms with Crippen molar-refractivity contribution < 1.29 is 0 Å². The maximum atomic E-state index is 4.43. The molecule has 2 rings (SSSR count). The number of guanidine groups is 1. The van der Waals surface area contributed by atoms with Gasteiger partial charge in [0.2, 0.25) is 0 Å². The number of nitrogens with one attached hydrogen (secondary N) is 1. The lowest BCUT2D eigenvalue weighted by atomic mass is 9.93. The summed E-state index contributed by atoms with van der Waals surface area (Å²) in [4.78, 5) is 9.41. The number of likely N-dealkylation sites (tertiary alicyclic amines) is 1. The summed E-state index contributed by atoms with van der Waals surface area (Å²) in [5.74, 6) is 1.08. The molecule has 0 radical (unpaired) electrons. The summed E-state index contributed by atoms with van der Waals surface area (Å²) in [5, 5.41) is 3.53. The van der Waals surface area contributed by atoms with Gasteiger partial charge in [-0.2, -0.15) is 0 Å². The fourth-order valence-electron chi connectivity index (χ4n) is 2.98. The lowest BCUT2D eigenvalue weighted by Gasteiger charge is -2.25. The van der Waals surface area contributed by atoms with Crippen LogP contribution >= 0.6 is 0 Å². The van der Waals surface area contributed by atoms with Crippen LogP contribution in [0.1, 0.15) is 40.0 Å². The van der Waals surface area contributed by atoms with Gasteiger partial charge in [-0.1, -0.05) is 20.8 Å². The number of nitrogens with zero attached hydrogens (tertiary/aromatic N) is 3. The van der Waals surface area contributed by atoms with Gasteiger partial charge in [-0.15, -0.1) is 0 Å². The van der Waals surface area contributed by atoms with Crippen molar-refractivity contribution in [3.05, 3.63) is 0 Å². The summed E-state index contributed by atoms with van der Waals surface area (Å²) in [7, 11) is 1.89. The van der Waals surface area contributed by atoms with Gasteiger partial charge in [0, 0.05) is 39.3 Å². The van der Waals surface area contributed by atoms with Crippen LogP contribution in [0.3, 0.4) is 0 Å². The van der Waals surface area contributed by atoms with Crippen LogP contribution in [0.25, 0.3) is 0 Å². The summed E-state index contributed by atoms with van der Waals surface area (Å²) in [5.41, 5.74) is 0.432. The monoisotopic (exact) mass is 266 g/mol. The van der Waals surface area contributed by atoms with E-state index in [1.807, 2.05) is 7.05 Å². The highest BCUT2D eigenvalue weighted by Crippen LogP contribution is 2.28. The number of hydrogen-bond donors (Lipinski definition) is 1. The molecule has 0 aromatic heterocycles. The van der Waals surface area contributed by atoms with E-state index >= 15 is 0 Å². The molecule has 110 valence electrons. The first kappa shape index (κ1) is 14.6. The van der Waals surface area contributed by atoms with E-state index in [1.165, 1.54) is 25.8 Å². The largest absolute Gasteiger partial charge is 0.355 e. The molecular weight excluding hydrogens is 236 g/mol. The normalized spacial score (nSPS) is 23.2. The summed E-state index contributed by atoms with van der Waals surface area (Å²) in [6.07, 6.45) is 4.04. The van der Waals surface area contributed by atoms with Crippen molar-refractivity contribution in [2.75, 3.05) is 39.8 Å². The molecule has 1 saturated carbocycles. The van der Waals surface area contributed by atoms with Gasteiger partial charge < -0.3 is 10.2 Å². The first-order valence-corrected chi connectivity index (χ1v) is 7.75. The first-order chi connectivity index (χ1) is 9.05. The smallest absolute Gasteiger partial charge is 0.193 e. The number of likely N-dealkylation sites (N-methyl/N-ethyl adjacent to an activating group) is 1. The van der Waals surface area contributed by atoms with E-state index < -0.39 is 0 Å². The molecule has 0 aromatic carbocycles. The van der Waals surface area contributed by atoms with Crippen LogP contribution < -0.4 is 5.32 Å². The van der Waals surface area contributed by atoms with Crippen molar-refractivity contribution in [1.29, 1.82) is 0 Å². The van der Waals surface area contributed by atoms with Crippen LogP contribution in [-0.4, -0.2) is 61.6 Å². The zero-order chi connectivity index (χ0) is 13.9. The highest BCUT2D eigenvalue weighted by atomic mass is 15.3. The van der Waals surface area contributed by atoms with Crippen molar-refractivity contribution in [2.24, 2.45) is 10.4 Å². The van der Waals surface area contributed by atoms with Gasteiger partial charge in [0.15, 0.2) is 5.96 Å². The average Bonchev–Trinajstić information content (AvgIpc) is 3.14. The molecule has 0 unspecified atom stereocenters. The average molecular weight is 266 g/mol. The molecule has 0 aromatic rings. The fraction of sp³-hybridized carbons (Fsp3) is 0.933. The van der Waals surface area contributed by atoms with Crippen molar-refractivity contribution in [2.45, 2.75) is 46.1 Å². The maximum absolute atomic E-state index is 4.43. The van der Waals surface area contributed by atoms with Crippen LogP contribution in [0, 0.1) is 5.41 Å². The molecular formula is C15H30N4. The predicted molar refractivity (Wildman–Crippen MR) is 81.6 cm³/mol. The van der Waals surface area contributed by atoms with Crippen molar-refractivity contribution >= 4 is 5.96 Å². The van der Waals surface area contributed by atoms with E-state index in [0.29, 0.717) is 5.41 Å². The van der Waals surface area contributed by atoms with E-state index in [9.17, 15) is 0 Å². The zero-order valence-electron chi connectivity index (χ0n) is 13.1. The molecule has 1 aliphatic heterocycles. The molecule has 0 bridgehead atoms. The Morgan fingerprint density at radius 1 is 1.42 bits per heavy atom. The third-order valence-electron chi connectivity index (χ3n) is 4.34. The van der Waals surface area contributed by atoms with Gasteiger partial charge in [-0.05, 0) is 31.2 Å². The van der Waals surface area contributed by atoms with Crippen molar-refractivity contribution in [3.8, 4) is 0 Å². The standard InChI is InChI=1S/C15H30N4/c1-5-18(13-6-7-13)11-9-17-14(16-4)19-10-8-15(2,3)12-19/h13H,5-12H2,1-4H3,(H,16,17). The topological polar surface area (TPSA) is 30.9 Å². The Bertz CT molecular complexity index is 320. The third kappa shape index (κ3) is 4.10. The quantitative estimate of drug-likeness (QED) is 0.608. The Morgan fingerprint density at radius 3 is 2.63 bits per heavy atom. The zero-order valence-corrected chi connectivity index (χ0v) is 13.1. The maximum Gasteiger partial charge on any atom is 0.193 e. The van der Waals surface area contributed by atoms with E-state index in [0.717, 1.165) is 38.2 Å². The van der Waals surface area contributed by atoms with Gasteiger partial charge in [-0.25, -0.2) is 0 Å². The third-order valence-corrected chi connectivity index (χ3v) is 4.34. The predicted octanol–water partition coefficient (Wildman–Crippen LogP) is 1.78. The van der Waals surface area contributed by atoms with Crippen LogP contribution in [-0.2, 0) is 0 Å². The molecule has 1 N–H and O–H groups in total. The molecule has 1 aliphatic carbocycles. The minimum Gasteiger partial charge on any atom is -0.355 e. The first-order valence-electron chi connectivity index (χ1n) is 7.75. The lowest BCUT2D eigenvalue weighted by molar-refractivity contribution is 0.280. The van der Waals surface area contributed by atoms with Crippen molar-refractivity contribution in [1.82, 2.24) is 15.1 Å². The molecule has 1 heterocycles. The number of rotatable bonds is 5. The van der Waals surface area contributed by atoms with Crippen LogP contribution in [0.2, 0.25) is 0 Å². The summed E-state index contributed by atoms with van der Waals surface area (Å²) in [6, 6.07) is 0.861. The van der Waals surface area contributed by atoms with Gasteiger partial charge >= 0.3 is 0 Å². The summed E-state index contributed by atoms with van der Waals surface area (Å²) < 4.78 is 0. The van der Waals surface area contributed by atoms with E-state index in [4.69, 9.17) is 0 Å². The second-order valence-electron chi connectivity index (χ2n) is 6.67. The number of hydrogen-bond acceptors (Lipinski definition) is 2. The second-order valence-corrected chi connectivity index (χ2v) is 6.67. The van der Waals surface area contributed by atoms with E-state index in [1.54, 1.807) is 0 Å². The Morgan fingerprint density at radius 2 is 2.16 bits per heavy atom. The second kappa shape index (κ2) is 6.12. The SMILES string of the molecule is CCN(CCNC(=NC)N1CCC(C)(C)C1)C1CC1. The molecule has 0 atom stereocenters. The molecule has 0 amide bonds. The highest BCUT2D eigenvalue weighted by molar-refractivity contribution is 5.80. The van der Waals surface area contributed by atoms with Gasteiger partial charge in [0.05, 0.1) is 0 Å². The van der Waals surface area contributed by atoms with E-state index in [2.05, 4.69) is 40.9 Å². The molecule has 0 spiro atoms. The summed E-state index contributed by atoms with van der Waals surface area (Å²) >= 11 is 0. The molecule has 19 heavy (non-hydrogen) atoms. The van der Waals surface area contributed by atoms with Crippen molar-refractivity contribution in [3.63, 3.8) is 0 Å². The Kier molecular flexibility index (Phi) is 4.71. The Labute approximate surface area is 118 Å². The van der Waals surface area contributed by atoms with Crippen LogP contribution in [0.5, 0.6) is 0 Å². The lowest BCUT2D eigenvalue weighted by Crippen LogP contribution is -2.44. The van der Waals surface area contributed by atoms with Crippen LogP contribution in [0.15, 0.2) is 4.99 Å². The molecule has 1 saturated heterocycles. The van der Waals surface area contributed by atoms with E-state index in [-0.39, 0.29) is 0 Å². The van der Waals surface area contributed by atoms with Gasteiger partial charge in [0.25, 0.3) is 0 Å². The van der Waals surface area contributed by atoms with Gasteiger partial charge in [0.1, 0.15) is 0 Å². The number of aliphatic imine (C=N–C) groups is 1. The molecule has 2 aliphatic rings. The fourth-order valence-corrected chi connectivity index (χ4v) is 2.98. The Hall–Kier alpha value is -0.770. The Balaban J connectivity index is 1.74. The molecule has 4 nitrogen and oxygen atoms in total. The molecule has 2 fully saturated rings. The summed E-state index contributed by atoms with van der Waals surface area (Å²) in [6.45, 7) is 12.5. The van der Waals surface area contributed by atoms with Gasteiger partial charge in [-0.3, -0.25) is 9.89 Å². The molecule has 4 heteroatoms. The minimum atomic E-state index is 0.432.